The zero-order valence-corrected chi connectivity index (χ0v) is 11.3. The molecule has 1 aromatic heterocycles. The molecule has 18 heavy (non-hydrogen) atoms. The zero-order valence-electron chi connectivity index (χ0n) is 10.5. The van der Waals surface area contributed by atoms with Crippen molar-refractivity contribution in [2.75, 3.05) is 11.9 Å². The van der Waals surface area contributed by atoms with Crippen molar-refractivity contribution >= 4 is 33.0 Å². The Hall–Kier alpha value is -1.39. The second-order valence-corrected chi connectivity index (χ2v) is 5.38. The van der Waals surface area contributed by atoms with Gasteiger partial charge < -0.3 is 11.1 Å². The van der Waals surface area contributed by atoms with Gasteiger partial charge in [0.05, 0.1) is 0 Å². The van der Waals surface area contributed by atoms with E-state index in [9.17, 15) is 4.79 Å². The van der Waals surface area contributed by atoms with Crippen LogP contribution in [0.3, 0.4) is 0 Å². The van der Waals surface area contributed by atoms with Crippen LogP contribution >= 0.6 is 11.3 Å². The molecule has 4 heteroatoms. The number of nitrogens with two attached hydrogens (primary N) is 1. The Morgan fingerprint density at radius 1 is 1.44 bits per heavy atom. The molecule has 0 spiro atoms. The predicted octanol–water partition coefficient (Wildman–Crippen LogP) is 3.21. The molecule has 3 nitrogen and oxygen atoms in total. The first kappa shape index (κ1) is 13.1. The third kappa shape index (κ3) is 3.09. The summed E-state index contributed by atoms with van der Waals surface area (Å²) in [7, 11) is 0. The van der Waals surface area contributed by atoms with Gasteiger partial charge in [0.2, 0.25) is 5.91 Å². The van der Waals surface area contributed by atoms with E-state index >= 15 is 0 Å². The summed E-state index contributed by atoms with van der Waals surface area (Å²) in [6.07, 6.45) is 1.43. The lowest BCUT2D eigenvalue weighted by molar-refractivity contribution is -0.117. The van der Waals surface area contributed by atoms with Gasteiger partial charge in [-0.2, -0.15) is 0 Å². The minimum atomic E-state index is 0.0434. The van der Waals surface area contributed by atoms with Crippen LogP contribution in [0.15, 0.2) is 29.6 Å². The van der Waals surface area contributed by atoms with E-state index in [4.69, 9.17) is 5.73 Å². The van der Waals surface area contributed by atoms with Crippen LogP contribution in [0.2, 0.25) is 0 Å². The maximum absolute atomic E-state index is 11.9. The molecule has 3 N–H and O–H groups in total. The number of fused-ring (bicyclic) bond motifs is 1. The number of benzene rings is 1. The summed E-state index contributed by atoms with van der Waals surface area (Å²) >= 11 is 1.70. The van der Waals surface area contributed by atoms with Crippen LogP contribution in [0, 0.1) is 5.92 Å². The van der Waals surface area contributed by atoms with Gasteiger partial charge in [-0.1, -0.05) is 13.3 Å². The fraction of sp³-hybridized carbons (Fsp3) is 0.357. The molecule has 0 bridgehead atoms. The fourth-order valence-corrected chi connectivity index (χ4v) is 2.68. The highest BCUT2D eigenvalue weighted by molar-refractivity contribution is 7.17. The van der Waals surface area contributed by atoms with Gasteiger partial charge in [-0.15, -0.1) is 11.3 Å². The number of nitrogens with one attached hydrogen (secondary N) is 1. The van der Waals surface area contributed by atoms with E-state index in [0.29, 0.717) is 13.0 Å². The Labute approximate surface area is 111 Å². The van der Waals surface area contributed by atoms with Gasteiger partial charge in [0.1, 0.15) is 0 Å². The third-order valence-corrected chi connectivity index (χ3v) is 4.02. The topological polar surface area (TPSA) is 55.1 Å². The number of hydrogen-bond donors (Lipinski definition) is 2. The molecule has 1 unspecified atom stereocenters. The number of hydrogen-bond acceptors (Lipinski definition) is 3. The van der Waals surface area contributed by atoms with Crippen molar-refractivity contribution in [3.05, 3.63) is 29.6 Å². The molecular formula is C14H18N2OS. The first-order chi connectivity index (χ1) is 8.72. The Morgan fingerprint density at radius 2 is 2.28 bits per heavy atom. The van der Waals surface area contributed by atoms with Crippen molar-refractivity contribution in [3.8, 4) is 0 Å². The summed E-state index contributed by atoms with van der Waals surface area (Å²) in [6.45, 7) is 2.62. The third-order valence-electron chi connectivity index (χ3n) is 3.12. The summed E-state index contributed by atoms with van der Waals surface area (Å²) < 4.78 is 1.24. The Balaban J connectivity index is 2.01. The van der Waals surface area contributed by atoms with Gasteiger partial charge in [-0.25, -0.2) is 0 Å². The molecule has 0 fully saturated rings. The minimum Gasteiger partial charge on any atom is -0.330 e. The van der Waals surface area contributed by atoms with E-state index in [1.165, 1.54) is 10.1 Å². The first-order valence-corrected chi connectivity index (χ1v) is 7.08. The fourth-order valence-electron chi connectivity index (χ4n) is 1.91. The van der Waals surface area contributed by atoms with Crippen LogP contribution in [0.4, 0.5) is 5.69 Å². The number of anilines is 1. The second-order valence-electron chi connectivity index (χ2n) is 4.44. The van der Waals surface area contributed by atoms with Crippen LogP contribution in [-0.2, 0) is 4.79 Å². The molecule has 1 atom stereocenters. The zero-order chi connectivity index (χ0) is 13.0. The van der Waals surface area contributed by atoms with Crippen LogP contribution in [0.5, 0.6) is 0 Å². The summed E-state index contributed by atoms with van der Waals surface area (Å²) in [4.78, 5) is 11.9. The van der Waals surface area contributed by atoms with Crippen LogP contribution in [-0.4, -0.2) is 12.5 Å². The number of thiophene rings is 1. The highest BCUT2D eigenvalue weighted by atomic mass is 32.1. The van der Waals surface area contributed by atoms with E-state index in [1.807, 2.05) is 18.2 Å². The lowest BCUT2D eigenvalue weighted by Crippen LogP contribution is -2.21. The molecule has 0 aliphatic rings. The maximum Gasteiger partial charge on any atom is 0.224 e. The first-order valence-electron chi connectivity index (χ1n) is 6.20. The molecule has 96 valence electrons. The monoisotopic (exact) mass is 262 g/mol. The molecule has 0 radical (unpaired) electrons. The smallest absolute Gasteiger partial charge is 0.224 e. The molecule has 0 saturated carbocycles. The van der Waals surface area contributed by atoms with Crippen molar-refractivity contribution in [1.29, 1.82) is 0 Å². The minimum absolute atomic E-state index is 0.0434. The molecule has 0 aliphatic heterocycles. The summed E-state index contributed by atoms with van der Waals surface area (Å²) in [5.74, 6) is 0.316. The van der Waals surface area contributed by atoms with E-state index in [2.05, 4.69) is 23.7 Å². The van der Waals surface area contributed by atoms with Crippen LogP contribution < -0.4 is 11.1 Å². The summed E-state index contributed by atoms with van der Waals surface area (Å²) in [5.41, 5.74) is 6.47. The molecule has 2 rings (SSSR count). The average Bonchev–Trinajstić information content (AvgIpc) is 2.83. The molecule has 1 aromatic carbocycles. The number of rotatable bonds is 5. The van der Waals surface area contributed by atoms with Gasteiger partial charge in [0.25, 0.3) is 0 Å². The summed E-state index contributed by atoms with van der Waals surface area (Å²) in [6, 6.07) is 8.05. The van der Waals surface area contributed by atoms with Crippen molar-refractivity contribution in [3.63, 3.8) is 0 Å². The van der Waals surface area contributed by atoms with Gasteiger partial charge >= 0.3 is 0 Å². The van der Waals surface area contributed by atoms with Crippen LogP contribution in [0.1, 0.15) is 19.8 Å². The Morgan fingerprint density at radius 3 is 3.00 bits per heavy atom. The average molecular weight is 262 g/mol. The van der Waals surface area contributed by atoms with E-state index in [1.54, 1.807) is 11.3 Å². The SMILES string of the molecule is CCC(CN)CC(=O)Nc1ccc2sccc2c1. The lowest BCUT2D eigenvalue weighted by Gasteiger charge is -2.12. The van der Waals surface area contributed by atoms with Gasteiger partial charge in [-0.3, -0.25) is 4.79 Å². The summed E-state index contributed by atoms with van der Waals surface area (Å²) in [5, 5.41) is 6.16. The molecule has 1 amide bonds. The van der Waals surface area contributed by atoms with Crippen molar-refractivity contribution < 1.29 is 4.79 Å². The van der Waals surface area contributed by atoms with Crippen molar-refractivity contribution in [2.24, 2.45) is 11.7 Å². The number of amides is 1. The number of carbonyl (C=O) groups excluding carboxylic acids is 1. The van der Waals surface area contributed by atoms with Gasteiger partial charge in [0.15, 0.2) is 0 Å². The standard InChI is InChI=1S/C14H18N2OS/c1-2-10(9-15)7-14(17)16-12-3-4-13-11(8-12)5-6-18-13/h3-6,8,10H,2,7,9,15H2,1H3,(H,16,17). The quantitative estimate of drug-likeness (QED) is 0.869. The maximum atomic E-state index is 11.9. The predicted molar refractivity (Wildman–Crippen MR) is 77.9 cm³/mol. The highest BCUT2D eigenvalue weighted by Crippen LogP contribution is 2.24. The van der Waals surface area contributed by atoms with Crippen LogP contribution in [0.25, 0.3) is 10.1 Å². The van der Waals surface area contributed by atoms with E-state index in [-0.39, 0.29) is 11.8 Å². The second kappa shape index (κ2) is 5.98. The van der Waals surface area contributed by atoms with E-state index < -0.39 is 0 Å². The van der Waals surface area contributed by atoms with E-state index in [0.717, 1.165) is 12.1 Å². The van der Waals surface area contributed by atoms with Gasteiger partial charge in [-0.05, 0) is 47.5 Å². The molecular weight excluding hydrogens is 244 g/mol. The largest absolute Gasteiger partial charge is 0.330 e. The Bertz CT molecular complexity index is 531. The molecule has 0 aliphatic carbocycles. The van der Waals surface area contributed by atoms with Gasteiger partial charge in [0, 0.05) is 16.8 Å². The van der Waals surface area contributed by atoms with Crippen molar-refractivity contribution in [2.45, 2.75) is 19.8 Å². The molecule has 2 aromatic rings. The highest BCUT2D eigenvalue weighted by Gasteiger charge is 2.10. The van der Waals surface area contributed by atoms with Crippen molar-refractivity contribution in [1.82, 2.24) is 0 Å². The lowest BCUT2D eigenvalue weighted by atomic mass is 10.0. The normalized spacial score (nSPS) is 12.6. The number of carbonyl (C=O) groups is 1. The Kier molecular flexibility index (Phi) is 4.33. The molecule has 0 saturated heterocycles. The molecule has 1 heterocycles.